The average molecular weight is 491 g/mol. The van der Waals surface area contributed by atoms with Crippen molar-refractivity contribution in [1.29, 1.82) is 0 Å². The average Bonchev–Trinajstić information content (AvgIpc) is 3.17. The summed E-state index contributed by atoms with van der Waals surface area (Å²) in [7, 11) is 0. The maximum absolute atomic E-state index is 13.0. The number of benzene rings is 1. The first-order valence-corrected chi connectivity index (χ1v) is 11.2. The number of halogens is 3. The Morgan fingerprint density at radius 1 is 1.24 bits per heavy atom. The molecule has 2 amide bonds. The third-order valence-corrected chi connectivity index (χ3v) is 6.85. The van der Waals surface area contributed by atoms with Crippen LogP contribution in [0.5, 0.6) is 0 Å². The van der Waals surface area contributed by atoms with Crippen LogP contribution in [0.2, 0.25) is 0 Å². The van der Waals surface area contributed by atoms with E-state index in [0.29, 0.717) is 23.7 Å². The summed E-state index contributed by atoms with van der Waals surface area (Å²) in [4.78, 5) is 36.9. The SMILES string of the molecule is Cc1cc(Nc2nccc(C(F)(F)F)n2)cc(-c2cnc(C3(C(N)=O)CCNC(=O)CC3)s2)c1. The van der Waals surface area contributed by atoms with Crippen molar-refractivity contribution in [2.24, 2.45) is 5.73 Å². The van der Waals surface area contributed by atoms with Gasteiger partial charge in [0.1, 0.15) is 16.1 Å². The van der Waals surface area contributed by atoms with E-state index in [1.807, 2.05) is 13.0 Å². The first-order chi connectivity index (χ1) is 16.1. The van der Waals surface area contributed by atoms with Gasteiger partial charge in [0.05, 0.1) is 4.88 Å². The lowest BCUT2D eigenvalue weighted by Crippen LogP contribution is -2.41. The molecule has 1 aliphatic rings. The van der Waals surface area contributed by atoms with E-state index in [0.717, 1.165) is 28.3 Å². The van der Waals surface area contributed by atoms with Crippen LogP contribution in [-0.2, 0) is 21.2 Å². The summed E-state index contributed by atoms with van der Waals surface area (Å²) in [5.41, 5.74) is 5.76. The van der Waals surface area contributed by atoms with Crippen molar-refractivity contribution in [3.8, 4) is 10.4 Å². The van der Waals surface area contributed by atoms with Crippen LogP contribution in [0.15, 0.2) is 36.7 Å². The van der Waals surface area contributed by atoms with Crippen LogP contribution in [0.1, 0.15) is 35.5 Å². The minimum Gasteiger partial charge on any atom is -0.369 e. The minimum absolute atomic E-state index is 0.133. The molecule has 1 atom stereocenters. The Balaban J connectivity index is 1.64. The van der Waals surface area contributed by atoms with E-state index in [2.05, 4.69) is 25.6 Å². The molecular formula is C22H21F3N6O2S. The molecule has 1 aromatic carbocycles. The summed E-state index contributed by atoms with van der Waals surface area (Å²) in [5, 5.41) is 6.10. The number of amides is 2. The Hall–Kier alpha value is -3.54. The number of nitrogens with one attached hydrogen (secondary N) is 2. The fourth-order valence-corrected chi connectivity index (χ4v) is 5.01. The largest absolute Gasteiger partial charge is 0.433 e. The molecule has 0 saturated carbocycles. The van der Waals surface area contributed by atoms with Crippen LogP contribution in [0.4, 0.5) is 24.8 Å². The number of alkyl halides is 3. The Labute approximate surface area is 196 Å². The number of aromatic nitrogens is 3. The lowest BCUT2D eigenvalue weighted by Gasteiger charge is -2.25. The van der Waals surface area contributed by atoms with E-state index in [1.54, 1.807) is 18.3 Å². The van der Waals surface area contributed by atoms with Gasteiger partial charge < -0.3 is 16.4 Å². The van der Waals surface area contributed by atoms with Crippen LogP contribution in [0, 0.1) is 6.92 Å². The van der Waals surface area contributed by atoms with Gasteiger partial charge >= 0.3 is 6.18 Å². The van der Waals surface area contributed by atoms with Crippen LogP contribution in [0.3, 0.4) is 0 Å². The van der Waals surface area contributed by atoms with Gasteiger partial charge in [-0.2, -0.15) is 13.2 Å². The Kier molecular flexibility index (Phi) is 6.26. The fraction of sp³-hybridized carbons (Fsp3) is 0.318. The maximum atomic E-state index is 13.0. The van der Waals surface area contributed by atoms with Crippen molar-refractivity contribution in [2.75, 3.05) is 11.9 Å². The highest BCUT2D eigenvalue weighted by Gasteiger charge is 2.42. The van der Waals surface area contributed by atoms with Crippen LogP contribution in [-0.4, -0.2) is 33.3 Å². The number of hydrogen-bond acceptors (Lipinski definition) is 7. The van der Waals surface area contributed by atoms with Crippen molar-refractivity contribution in [2.45, 2.75) is 37.8 Å². The van der Waals surface area contributed by atoms with Gasteiger partial charge in [0.25, 0.3) is 0 Å². The van der Waals surface area contributed by atoms with Gasteiger partial charge in [0.15, 0.2) is 0 Å². The maximum Gasteiger partial charge on any atom is 0.433 e. The zero-order valence-corrected chi connectivity index (χ0v) is 18.9. The highest BCUT2D eigenvalue weighted by atomic mass is 32.1. The van der Waals surface area contributed by atoms with Crippen molar-refractivity contribution >= 4 is 34.8 Å². The molecular weight excluding hydrogens is 469 g/mol. The molecule has 3 heterocycles. The van der Waals surface area contributed by atoms with Gasteiger partial charge in [-0.05, 0) is 49.1 Å². The lowest BCUT2D eigenvalue weighted by atomic mass is 9.80. The molecule has 8 nitrogen and oxygen atoms in total. The van der Waals surface area contributed by atoms with Crippen molar-refractivity contribution < 1.29 is 22.8 Å². The van der Waals surface area contributed by atoms with E-state index in [-0.39, 0.29) is 24.7 Å². The Morgan fingerprint density at radius 3 is 2.76 bits per heavy atom. The molecule has 1 unspecified atom stereocenters. The number of hydrogen-bond donors (Lipinski definition) is 3. The number of carbonyl (C=O) groups is 2. The normalized spacial score (nSPS) is 18.8. The molecule has 2 aromatic heterocycles. The Bertz CT molecular complexity index is 1250. The summed E-state index contributed by atoms with van der Waals surface area (Å²) in [6.45, 7) is 2.17. The van der Waals surface area contributed by atoms with Crippen LogP contribution < -0.4 is 16.4 Å². The highest BCUT2D eigenvalue weighted by molar-refractivity contribution is 7.15. The zero-order chi connectivity index (χ0) is 24.5. The standard InChI is InChI=1S/C22H21F3N6O2S/c1-12-8-13(10-14(9-12)30-20-28-6-3-16(31-20)22(23,24)25)15-11-29-19(34-15)21(18(26)33)4-2-17(32)27-7-5-21/h3,6,8-11H,2,4-5,7H2,1H3,(H2,26,33)(H,27,32)(H,28,30,31). The molecule has 34 heavy (non-hydrogen) atoms. The number of nitrogens with two attached hydrogens (primary N) is 1. The second-order valence-electron chi connectivity index (χ2n) is 8.05. The first kappa shape index (κ1) is 23.6. The number of carbonyl (C=O) groups excluding carboxylic acids is 2. The van der Waals surface area contributed by atoms with Gasteiger partial charge in [0, 0.05) is 31.0 Å². The predicted molar refractivity (Wildman–Crippen MR) is 120 cm³/mol. The molecule has 1 saturated heterocycles. The molecule has 3 aromatic rings. The van der Waals surface area contributed by atoms with E-state index in [4.69, 9.17) is 5.73 Å². The molecule has 12 heteroatoms. The molecule has 4 N–H and O–H groups in total. The number of primary amides is 1. The molecule has 4 rings (SSSR count). The number of anilines is 2. The van der Waals surface area contributed by atoms with Crippen molar-refractivity contribution in [3.05, 3.63) is 52.9 Å². The monoisotopic (exact) mass is 490 g/mol. The van der Waals surface area contributed by atoms with Crippen LogP contribution in [0.25, 0.3) is 10.4 Å². The molecule has 178 valence electrons. The quantitative estimate of drug-likeness (QED) is 0.501. The Morgan fingerprint density at radius 2 is 2.03 bits per heavy atom. The smallest absolute Gasteiger partial charge is 0.369 e. The highest BCUT2D eigenvalue weighted by Crippen LogP contribution is 2.40. The van der Waals surface area contributed by atoms with Gasteiger partial charge in [-0.1, -0.05) is 6.07 Å². The van der Waals surface area contributed by atoms with Crippen LogP contribution >= 0.6 is 11.3 Å². The van der Waals surface area contributed by atoms with E-state index in [9.17, 15) is 22.8 Å². The summed E-state index contributed by atoms with van der Waals surface area (Å²) in [6, 6.07) is 6.19. The summed E-state index contributed by atoms with van der Waals surface area (Å²) < 4.78 is 38.9. The third-order valence-electron chi connectivity index (χ3n) is 5.60. The van der Waals surface area contributed by atoms with E-state index < -0.39 is 23.2 Å². The second-order valence-corrected chi connectivity index (χ2v) is 9.08. The minimum atomic E-state index is -4.58. The molecule has 0 aliphatic carbocycles. The van der Waals surface area contributed by atoms with Crippen molar-refractivity contribution in [1.82, 2.24) is 20.3 Å². The topological polar surface area (TPSA) is 123 Å². The summed E-state index contributed by atoms with van der Waals surface area (Å²) in [5.74, 6) is -0.844. The number of nitrogens with zero attached hydrogens (tertiary/aromatic N) is 3. The third kappa shape index (κ3) is 4.86. The number of rotatable bonds is 5. The van der Waals surface area contributed by atoms with E-state index >= 15 is 0 Å². The van der Waals surface area contributed by atoms with E-state index in [1.165, 1.54) is 11.3 Å². The molecule has 0 spiro atoms. The lowest BCUT2D eigenvalue weighted by molar-refractivity contribution is -0.141. The molecule has 0 radical (unpaired) electrons. The van der Waals surface area contributed by atoms with Gasteiger partial charge in [-0.15, -0.1) is 11.3 Å². The fourth-order valence-electron chi connectivity index (χ4n) is 3.85. The predicted octanol–water partition coefficient (Wildman–Crippen LogP) is 3.69. The molecule has 1 fully saturated rings. The van der Waals surface area contributed by atoms with Gasteiger partial charge in [-0.3, -0.25) is 9.59 Å². The number of thiazole rings is 1. The van der Waals surface area contributed by atoms with Gasteiger partial charge in [0.2, 0.25) is 17.8 Å². The summed E-state index contributed by atoms with van der Waals surface area (Å²) in [6.07, 6.45) is -1.11. The first-order valence-electron chi connectivity index (χ1n) is 10.4. The second kappa shape index (κ2) is 9.01. The van der Waals surface area contributed by atoms with Crippen molar-refractivity contribution in [3.63, 3.8) is 0 Å². The van der Waals surface area contributed by atoms with Gasteiger partial charge in [-0.25, -0.2) is 15.0 Å². The summed E-state index contributed by atoms with van der Waals surface area (Å²) >= 11 is 1.30. The molecule has 0 bridgehead atoms. The number of aryl methyl sites for hydroxylation is 1. The molecule has 1 aliphatic heterocycles. The zero-order valence-electron chi connectivity index (χ0n) is 18.1.